The first-order valence-corrected chi connectivity index (χ1v) is 8.43. The Morgan fingerprint density at radius 2 is 1.80 bits per heavy atom. The summed E-state index contributed by atoms with van der Waals surface area (Å²) >= 11 is 0. The van der Waals surface area contributed by atoms with Crippen molar-refractivity contribution in [2.75, 3.05) is 5.75 Å². The molecule has 0 radical (unpaired) electrons. The van der Waals surface area contributed by atoms with Crippen LogP contribution in [0.25, 0.3) is 0 Å². The zero-order valence-corrected chi connectivity index (χ0v) is 13.0. The van der Waals surface area contributed by atoms with Gasteiger partial charge >= 0.3 is 0 Å². The van der Waals surface area contributed by atoms with E-state index in [1.54, 1.807) is 12.1 Å². The lowest BCUT2D eigenvalue weighted by molar-refractivity contribution is -0.125. The van der Waals surface area contributed by atoms with Gasteiger partial charge in [0, 0.05) is 6.42 Å². The summed E-state index contributed by atoms with van der Waals surface area (Å²) < 4.78 is 24.6. The number of aryl methyl sites for hydroxylation is 1. The summed E-state index contributed by atoms with van der Waals surface area (Å²) in [6.45, 7) is 5.19. The average molecular weight is 298 g/mol. The third kappa shape index (κ3) is 4.42. The van der Waals surface area contributed by atoms with E-state index in [1.807, 2.05) is 13.8 Å². The summed E-state index contributed by atoms with van der Waals surface area (Å²) in [4.78, 5) is 12.1. The number of aliphatic hydroxyl groups is 1. The van der Waals surface area contributed by atoms with Crippen molar-refractivity contribution in [3.05, 3.63) is 29.8 Å². The third-order valence-corrected chi connectivity index (χ3v) is 5.06. The molecule has 0 spiro atoms. The van der Waals surface area contributed by atoms with Crippen molar-refractivity contribution in [2.45, 2.75) is 44.6 Å². The number of aliphatic hydroxyl groups excluding tert-OH is 1. The number of hydrogen-bond acceptors (Lipinski definition) is 4. The molecule has 0 aliphatic carbocycles. The van der Waals surface area contributed by atoms with Gasteiger partial charge in [0.2, 0.25) is 0 Å². The standard InChI is InChI=1S/C15H22O4S/c1-4-5-15(17)14(12(3)16)10-20(18,19)13-8-6-11(2)7-9-13/h6-9,12,14,16H,4-5,10H2,1-3H3/t12-,14+/m1/s1. The fourth-order valence-electron chi connectivity index (χ4n) is 2.01. The van der Waals surface area contributed by atoms with Crippen molar-refractivity contribution in [3.8, 4) is 0 Å². The van der Waals surface area contributed by atoms with Crippen LogP contribution in [-0.4, -0.2) is 31.2 Å². The predicted octanol–water partition coefficient (Wildman–Crippen LogP) is 2.13. The Morgan fingerprint density at radius 3 is 2.25 bits per heavy atom. The smallest absolute Gasteiger partial charge is 0.179 e. The molecule has 1 aromatic carbocycles. The van der Waals surface area contributed by atoms with Gasteiger partial charge in [-0.05, 0) is 32.4 Å². The molecule has 1 rings (SSSR count). The molecule has 0 bridgehead atoms. The second-order valence-electron chi connectivity index (χ2n) is 5.16. The van der Waals surface area contributed by atoms with E-state index in [0.717, 1.165) is 5.56 Å². The van der Waals surface area contributed by atoms with Crippen molar-refractivity contribution in [2.24, 2.45) is 5.92 Å². The first-order chi connectivity index (χ1) is 9.27. The molecule has 5 heteroatoms. The van der Waals surface area contributed by atoms with E-state index < -0.39 is 21.9 Å². The maximum absolute atomic E-state index is 12.3. The van der Waals surface area contributed by atoms with E-state index >= 15 is 0 Å². The van der Waals surface area contributed by atoms with Crippen molar-refractivity contribution >= 4 is 15.6 Å². The lowest BCUT2D eigenvalue weighted by atomic mass is 9.98. The summed E-state index contributed by atoms with van der Waals surface area (Å²) in [7, 11) is -3.57. The van der Waals surface area contributed by atoms with E-state index in [4.69, 9.17) is 0 Å². The molecular weight excluding hydrogens is 276 g/mol. The van der Waals surface area contributed by atoms with Crippen LogP contribution >= 0.6 is 0 Å². The largest absolute Gasteiger partial charge is 0.393 e. The first kappa shape index (κ1) is 16.9. The highest BCUT2D eigenvalue weighted by Gasteiger charge is 2.29. The molecule has 0 saturated carbocycles. The Morgan fingerprint density at radius 1 is 1.25 bits per heavy atom. The summed E-state index contributed by atoms with van der Waals surface area (Å²) in [5.74, 6) is -1.40. The van der Waals surface area contributed by atoms with Gasteiger partial charge in [-0.1, -0.05) is 24.6 Å². The van der Waals surface area contributed by atoms with Gasteiger partial charge in [-0.3, -0.25) is 4.79 Å². The SMILES string of the molecule is CCCC(=O)[C@@H](CS(=O)(=O)c1ccc(C)cc1)[C@@H](C)O. The molecule has 20 heavy (non-hydrogen) atoms. The van der Waals surface area contributed by atoms with Crippen molar-refractivity contribution in [1.29, 1.82) is 0 Å². The molecule has 1 N–H and O–H groups in total. The lowest BCUT2D eigenvalue weighted by Crippen LogP contribution is -2.32. The first-order valence-electron chi connectivity index (χ1n) is 6.78. The van der Waals surface area contributed by atoms with Crippen LogP contribution < -0.4 is 0 Å². The van der Waals surface area contributed by atoms with E-state index in [0.29, 0.717) is 12.8 Å². The van der Waals surface area contributed by atoms with Gasteiger partial charge < -0.3 is 5.11 Å². The van der Waals surface area contributed by atoms with Crippen LogP contribution in [0.15, 0.2) is 29.2 Å². The van der Waals surface area contributed by atoms with Crippen LogP contribution in [0.4, 0.5) is 0 Å². The number of rotatable bonds is 7. The second kappa shape index (κ2) is 6.99. The minimum Gasteiger partial charge on any atom is -0.393 e. The number of benzene rings is 1. The highest BCUT2D eigenvalue weighted by Crippen LogP contribution is 2.19. The summed E-state index contributed by atoms with van der Waals surface area (Å²) in [5, 5.41) is 9.68. The lowest BCUT2D eigenvalue weighted by Gasteiger charge is -2.18. The van der Waals surface area contributed by atoms with E-state index in [-0.39, 0.29) is 16.4 Å². The zero-order valence-electron chi connectivity index (χ0n) is 12.2. The van der Waals surface area contributed by atoms with Gasteiger partial charge in [-0.15, -0.1) is 0 Å². The minimum absolute atomic E-state index is 0.193. The minimum atomic E-state index is -3.57. The number of Topliss-reactive ketones (excluding diaryl/α,β-unsaturated/α-hetero) is 1. The normalized spacial score (nSPS) is 14.8. The van der Waals surface area contributed by atoms with Crippen LogP contribution in [0.5, 0.6) is 0 Å². The number of carbonyl (C=O) groups is 1. The molecule has 4 nitrogen and oxygen atoms in total. The molecular formula is C15H22O4S. The van der Waals surface area contributed by atoms with Crippen molar-refractivity contribution < 1.29 is 18.3 Å². The van der Waals surface area contributed by atoms with E-state index in [9.17, 15) is 18.3 Å². The summed E-state index contributed by atoms with van der Waals surface area (Å²) in [5.41, 5.74) is 0.970. The Kier molecular flexibility index (Phi) is 5.89. The summed E-state index contributed by atoms with van der Waals surface area (Å²) in [6.07, 6.45) is -0.0275. The molecule has 0 fully saturated rings. The predicted molar refractivity (Wildman–Crippen MR) is 78.3 cm³/mol. The topological polar surface area (TPSA) is 71.4 Å². The highest BCUT2D eigenvalue weighted by molar-refractivity contribution is 7.91. The molecule has 0 unspecified atom stereocenters. The van der Waals surface area contributed by atoms with Crippen LogP contribution in [0, 0.1) is 12.8 Å². The van der Waals surface area contributed by atoms with E-state index in [1.165, 1.54) is 19.1 Å². The average Bonchev–Trinajstić information content (AvgIpc) is 2.36. The van der Waals surface area contributed by atoms with E-state index in [2.05, 4.69) is 0 Å². The maximum atomic E-state index is 12.3. The fraction of sp³-hybridized carbons (Fsp3) is 0.533. The third-order valence-electron chi connectivity index (χ3n) is 3.27. The van der Waals surface area contributed by atoms with Gasteiger partial charge in [-0.25, -0.2) is 8.42 Å². The monoisotopic (exact) mass is 298 g/mol. The summed E-state index contributed by atoms with van der Waals surface area (Å²) in [6, 6.07) is 6.51. The number of sulfone groups is 1. The van der Waals surface area contributed by atoms with Gasteiger partial charge in [0.05, 0.1) is 22.7 Å². The van der Waals surface area contributed by atoms with Crippen molar-refractivity contribution in [3.63, 3.8) is 0 Å². The molecule has 0 aromatic heterocycles. The molecule has 1 aromatic rings. The van der Waals surface area contributed by atoms with Crippen LogP contribution in [-0.2, 0) is 14.6 Å². The molecule has 0 amide bonds. The Labute approximate surface area is 120 Å². The molecule has 0 heterocycles. The highest BCUT2D eigenvalue weighted by atomic mass is 32.2. The second-order valence-corrected chi connectivity index (χ2v) is 7.19. The maximum Gasteiger partial charge on any atom is 0.179 e. The molecule has 0 aliphatic rings. The molecule has 112 valence electrons. The molecule has 0 saturated heterocycles. The Balaban J connectivity index is 2.97. The van der Waals surface area contributed by atoms with Crippen LogP contribution in [0.2, 0.25) is 0 Å². The molecule has 2 atom stereocenters. The van der Waals surface area contributed by atoms with Gasteiger partial charge in [0.25, 0.3) is 0 Å². The Hall–Kier alpha value is -1.20. The van der Waals surface area contributed by atoms with Gasteiger partial charge in [-0.2, -0.15) is 0 Å². The zero-order chi connectivity index (χ0) is 15.3. The number of ketones is 1. The number of carbonyl (C=O) groups excluding carboxylic acids is 1. The van der Waals surface area contributed by atoms with Crippen molar-refractivity contribution in [1.82, 2.24) is 0 Å². The van der Waals surface area contributed by atoms with Crippen LogP contribution in [0.1, 0.15) is 32.3 Å². The Bertz CT molecular complexity index is 544. The quantitative estimate of drug-likeness (QED) is 0.837. The van der Waals surface area contributed by atoms with Crippen LogP contribution in [0.3, 0.4) is 0 Å². The fourth-order valence-corrected chi connectivity index (χ4v) is 3.69. The number of hydrogen-bond donors (Lipinski definition) is 1. The molecule has 0 aliphatic heterocycles. The van der Waals surface area contributed by atoms with Gasteiger partial charge in [0.1, 0.15) is 5.78 Å². The van der Waals surface area contributed by atoms with Gasteiger partial charge in [0.15, 0.2) is 9.84 Å².